The van der Waals surface area contributed by atoms with E-state index in [1.54, 1.807) is 0 Å². The molecule has 106 valence electrons. The molecular formula is C15H30N2O. The molecule has 3 heteroatoms. The van der Waals surface area contributed by atoms with Crippen LogP contribution in [0.4, 0.5) is 0 Å². The Bertz CT molecular complexity index is 261. The summed E-state index contributed by atoms with van der Waals surface area (Å²) in [6.45, 7) is 7.83. The van der Waals surface area contributed by atoms with Gasteiger partial charge in [0.05, 0.1) is 5.60 Å². The molecule has 3 unspecified atom stereocenters. The lowest BCUT2D eigenvalue weighted by Crippen LogP contribution is -2.51. The molecule has 3 N–H and O–H groups in total. The minimum absolute atomic E-state index is 0.203. The van der Waals surface area contributed by atoms with E-state index in [1.807, 2.05) is 0 Å². The van der Waals surface area contributed by atoms with Crippen molar-refractivity contribution in [1.82, 2.24) is 5.43 Å². The average molecular weight is 254 g/mol. The SMILES string of the molecule is CC(C)C(C)C(NN)C1CCOC2(CCCC2)C1. The number of nitrogens with one attached hydrogen (secondary N) is 1. The third kappa shape index (κ3) is 2.89. The van der Waals surface area contributed by atoms with Crippen molar-refractivity contribution in [3.05, 3.63) is 0 Å². The fourth-order valence-electron chi connectivity index (χ4n) is 3.87. The van der Waals surface area contributed by atoms with Gasteiger partial charge in [-0.25, -0.2) is 0 Å². The number of nitrogens with two attached hydrogens (primary N) is 1. The molecular weight excluding hydrogens is 224 g/mol. The van der Waals surface area contributed by atoms with E-state index in [1.165, 1.54) is 32.1 Å². The van der Waals surface area contributed by atoms with Crippen LogP contribution in [0.2, 0.25) is 0 Å². The van der Waals surface area contributed by atoms with Crippen molar-refractivity contribution in [2.75, 3.05) is 6.61 Å². The number of ether oxygens (including phenoxy) is 1. The smallest absolute Gasteiger partial charge is 0.0685 e. The first kappa shape index (κ1) is 14.3. The Morgan fingerprint density at radius 3 is 2.44 bits per heavy atom. The van der Waals surface area contributed by atoms with Gasteiger partial charge >= 0.3 is 0 Å². The monoisotopic (exact) mass is 254 g/mol. The number of rotatable bonds is 4. The summed E-state index contributed by atoms with van der Waals surface area (Å²) in [5.74, 6) is 7.81. The lowest BCUT2D eigenvalue weighted by atomic mass is 9.75. The summed E-state index contributed by atoms with van der Waals surface area (Å²) in [5.41, 5.74) is 3.31. The molecule has 0 bridgehead atoms. The van der Waals surface area contributed by atoms with Crippen LogP contribution in [0.1, 0.15) is 59.3 Å². The molecule has 0 aromatic heterocycles. The number of hydrogen-bond donors (Lipinski definition) is 2. The van der Waals surface area contributed by atoms with Crippen LogP contribution in [0, 0.1) is 17.8 Å². The molecule has 0 radical (unpaired) electrons. The molecule has 1 aliphatic carbocycles. The van der Waals surface area contributed by atoms with Gasteiger partial charge in [0.25, 0.3) is 0 Å². The fourth-order valence-corrected chi connectivity index (χ4v) is 3.87. The maximum Gasteiger partial charge on any atom is 0.0685 e. The van der Waals surface area contributed by atoms with Gasteiger partial charge in [-0.2, -0.15) is 0 Å². The van der Waals surface area contributed by atoms with Crippen LogP contribution in [-0.4, -0.2) is 18.2 Å². The highest BCUT2D eigenvalue weighted by molar-refractivity contribution is 4.95. The van der Waals surface area contributed by atoms with Crippen LogP contribution in [0.25, 0.3) is 0 Å². The van der Waals surface area contributed by atoms with E-state index in [0.717, 1.165) is 13.0 Å². The second kappa shape index (κ2) is 5.89. The summed E-state index contributed by atoms with van der Waals surface area (Å²) < 4.78 is 6.12. The van der Waals surface area contributed by atoms with Crippen LogP contribution in [0.15, 0.2) is 0 Å². The third-order valence-corrected chi connectivity index (χ3v) is 5.36. The zero-order valence-corrected chi connectivity index (χ0v) is 12.2. The van der Waals surface area contributed by atoms with Gasteiger partial charge in [0.2, 0.25) is 0 Å². The average Bonchev–Trinajstić information content (AvgIpc) is 2.78. The lowest BCUT2D eigenvalue weighted by Gasteiger charge is -2.43. The van der Waals surface area contributed by atoms with Gasteiger partial charge in [0.15, 0.2) is 0 Å². The van der Waals surface area contributed by atoms with Crippen molar-refractivity contribution in [3.8, 4) is 0 Å². The van der Waals surface area contributed by atoms with E-state index in [0.29, 0.717) is 23.8 Å². The molecule has 18 heavy (non-hydrogen) atoms. The summed E-state index contributed by atoms with van der Waals surface area (Å²) in [5, 5.41) is 0. The van der Waals surface area contributed by atoms with Gasteiger partial charge in [-0.15, -0.1) is 0 Å². The molecule has 2 aliphatic rings. The van der Waals surface area contributed by atoms with Crippen LogP contribution in [0.3, 0.4) is 0 Å². The molecule has 0 aromatic carbocycles. The van der Waals surface area contributed by atoms with E-state index < -0.39 is 0 Å². The van der Waals surface area contributed by atoms with E-state index in [9.17, 15) is 0 Å². The minimum Gasteiger partial charge on any atom is -0.375 e. The molecule has 1 aliphatic heterocycles. The normalized spacial score (nSPS) is 30.8. The Morgan fingerprint density at radius 1 is 1.22 bits per heavy atom. The van der Waals surface area contributed by atoms with Gasteiger partial charge in [0, 0.05) is 12.6 Å². The van der Waals surface area contributed by atoms with E-state index in [4.69, 9.17) is 10.6 Å². The Morgan fingerprint density at radius 2 is 1.89 bits per heavy atom. The Kier molecular flexibility index (Phi) is 4.68. The second-order valence-electron chi connectivity index (χ2n) is 6.79. The van der Waals surface area contributed by atoms with Crippen LogP contribution in [-0.2, 0) is 4.74 Å². The van der Waals surface area contributed by atoms with E-state index in [-0.39, 0.29) is 5.60 Å². The molecule has 1 heterocycles. The molecule has 1 saturated heterocycles. The number of hydrazine groups is 1. The van der Waals surface area contributed by atoms with Crippen molar-refractivity contribution in [1.29, 1.82) is 0 Å². The predicted molar refractivity (Wildman–Crippen MR) is 75.0 cm³/mol. The molecule has 1 spiro atoms. The van der Waals surface area contributed by atoms with Crippen molar-refractivity contribution in [3.63, 3.8) is 0 Å². The van der Waals surface area contributed by atoms with Gasteiger partial charge in [-0.3, -0.25) is 11.3 Å². The fraction of sp³-hybridized carbons (Fsp3) is 1.00. The molecule has 0 amide bonds. The quantitative estimate of drug-likeness (QED) is 0.599. The van der Waals surface area contributed by atoms with Crippen LogP contribution < -0.4 is 11.3 Å². The summed E-state index contributed by atoms with van der Waals surface area (Å²) in [6.07, 6.45) is 7.57. The Hall–Kier alpha value is -0.120. The molecule has 1 saturated carbocycles. The molecule has 2 fully saturated rings. The van der Waals surface area contributed by atoms with Gasteiger partial charge in [-0.1, -0.05) is 33.6 Å². The first-order chi connectivity index (χ1) is 8.58. The van der Waals surface area contributed by atoms with Gasteiger partial charge in [-0.05, 0) is 43.4 Å². The highest BCUT2D eigenvalue weighted by Crippen LogP contribution is 2.43. The third-order valence-electron chi connectivity index (χ3n) is 5.36. The maximum atomic E-state index is 6.12. The standard InChI is InChI=1S/C15H30N2O/c1-11(2)12(3)14(17-16)13-6-9-18-15(10-13)7-4-5-8-15/h11-14,17H,4-10,16H2,1-3H3. The topological polar surface area (TPSA) is 47.3 Å². The molecule has 0 aromatic rings. The summed E-state index contributed by atoms with van der Waals surface area (Å²) in [6, 6.07) is 0.436. The summed E-state index contributed by atoms with van der Waals surface area (Å²) in [4.78, 5) is 0. The zero-order chi connectivity index (χ0) is 13.2. The van der Waals surface area contributed by atoms with Crippen molar-refractivity contribution < 1.29 is 4.74 Å². The van der Waals surface area contributed by atoms with Gasteiger partial charge < -0.3 is 4.74 Å². The van der Waals surface area contributed by atoms with E-state index in [2.05, 4.69) is 26.2 Å². The highest BCUT2D eigenvalue weighted by atomic mass is 16.5. The van der Waals surface area contributed by atoms with Crippen LogP contribution in [0.5, 0.6) is 0 Å². The number of hydrogen-bond acceptors (Lipinski definition) is 3. The Labute approximate surface area is 112 Å². The summed E-state index contributed by atoms with van der Waals surface area (Å²) >= 11 is 0. The maximum absolute atomic E-state index is 6.12. The van der Waals surface area contributed by atoms with Crippen molar-refractivity contribution in [2.45, 2.75) is 70.9 Å². The van der Waals surface area contributed by atoms with E-state index >= 15 is 0 Å². The largest absolute Gasteiger partial charge is 0.375 e. The van der Waals surface area contributed by atoms with Crippen LogP contribution >= 0.6 is 0 Å². The lowest BCUT2D eigenvalue weighted by molar-refractivity contribution is -0.102. The minimum atomic E-state index is 0.203. The molecule has 3 atom stereocenters. The summed E-state index contributed by atoms with van der Waals surface area (Å²) in [7, 11) is 0. The first-order valence-corrected chi connectivity index (χ1v) is 7.68. The highest BCUT2D eigenvalue weighted by Gasteiger charge is 2.42. The second-order valence-corrected chi connectivity index (χ2v) is 6.79. The van der Waals surface area contributed by atoms with Crippen molar-refractivity contribution >= 4 is 0 Å². The predicted octanol–water partition coefficient (Wildman–Crippen LogP) is 2.85. The van der Waals surface area contributed by atoms with Gasteiger partial charge in [0.1, 0.15) is 0 Å². The Balaban J connectivity index is 2.02. The molecule has 2 rings (SSSR count). The first-order valence-electron chi connectivity index (χ1n) is 7.68. The zero-order valence-electron chi connectivity index (χ0n) is 12.2. The molecule has 3 nitrogen and oxygen atoms in total. The van der Waals surface area contributed by atoms with Crippen molar-refractivity contribution in [2.24, 2.45) is 23.6 Å².